The molecule has 132 valence electrons. The lowest BCUT2D eigenvalue weighted by Gasteiger charge is -2.09. The van der Waals surface area contributed by atoms with Gasteiger partial charge in [-0.2, -0.15) is 0 Å². The Kier molecular flexibility index (Phi) is 4.01. The van der Waals surface area contributed by atoms with E-state index in [-0.39, 0.29) is 28.6 Å². The number of nitroso groups, excluding NO2 is 1. The SMILES string of the molecule is Cc1cc(O)c(N=Nc2ccc3ccccc3c2O)c2cccc(N=O)c12. The van der Waals surface area contributed by atoms with E-state index in [2.05, 4.69) is 15.4 Å². The zero-order valence-electron chi connectivity index (χ0n) is 14.4. The van der Waals surface area contributed by atoms with Gasteiger partial charge in [-0.25, -0.2) is 0 Å². The van der Waals surface area contributed by atoms with Gasteiger partial charge >= 0.3 is 0 Å². The lowest BCUT2D eigenvalue weighted by atomic mass is 10.0. The highest BCUT2D eigenvalue weighted by Gasteiger charge is 2.13. The Hall–Kier alpha value is -3.80. The molecule has 0 fully saturated rings. The molecule has 4 aromatic rings. The number of hydrogen-bond acceptors (Lipinski definition) is 6. The summed E-state index contributed by atoms with van der Waals surface area (Å²) < 4.78 is 0. The summed E-state index contributed by atoms with van der Waals surface area (Å²) in [5.41, 5.74) is 1.49. The second kappa shape index (κ2) is 6.49. The van der Waals surface area contributed by atoms with E-state index in [0.29, 0.717) is 21.7 Å². The molecule has 0 aromatic heterocycles. The third-order valence-corrected chi connectivity index (χ3v) is 4.52. The van der Waals surface area contributed by atoms with Gasteiger partial charge in [0.1, 0.15) is 22.8 Å². The Labute approximate surface area is 154 Å². The van der Waals surface area contributed by atoms with E-state index in [9.17, 15) is 15.1 Å². The highest BCUT2D eigenvalue weighted by Crippen LogP contribution is 2.42. The standard InChI is InChI=1S/C21H15N3O3/c1-12-11-18(25)20(15-7-4-8-16(24-27)19(12)15)23-22-17-10-9-13-5-2-3-6-14(13)21(17)26/h2-11,25-26H,1H3. The second-order valence-corrected chi connectivity index (χ2v) is 6.21. The second-order valence-electron chi connectivity index (χ2n) is 6.21. The number of nitrogens with zero attached hydrogens (tertiary/aromatic N) is 3. The maximum Gasteiger partial charge on any atom is 0.150 e. The van der Waals surface area contributed by atoms with Crippen LogP contribution in [-0.2, 0) is 0 Å². The van der Waals surface area contributed by atoms with Crippen LogP contribution in [-0.4, -0.2) is 10.2 Å². The van der Waals surface area contributed by atoms with Gasteiger partial charge in [0, 0.05) is 16.2 Å². The predicted molar refractivity (Wildman–Crippen MR) is 106 cm³/mol. The maximum atomic E-state index is 11.1. The molecular formula is C21H15N3O3. The molecule has 0 saturated carbocycles. The van der Waals surface area contributed by atoms with Crippen molar-refractivity contribution in [3.63, 3.8) is 0 Å². The Morgan fingerprint density at radius 1 is 0.815 bits per heavy atom. The van der Waals surface area contributed by atoms with E-state index in [4.69, 9.17) is 0 Å². The smallest absolute Gasteiger partial charge is 0.150 e. The molecule has 0 unspecified atom stereocenters. The molecule has 0 radical (unpaired) electrons. The van der Waals surface area contributed by atoms with E-state index >= 15 is 0 Å². The van der Waals surface area contributed by atoms with Crippen molar-refractivity contribution in [1.82, 2.24) is 0 Å². The minimum Gasteiger partial charge on any atom is -0.506 e. The van der Waals surface area contributed by atoms with Gasteiger partial charge in [0.05, 0.1) is 0 Å². The summed E-state index contributed by atoms with van der Waals surface area (Å²) in [6.45, 7) is 1.78. The first-order chi connectivity index (χ1) is 13.1. The van der Waals surface area contributed by atoms with Gasteiger partial charge in [0.15, 0.2) is 5.75 Å². The fraction of sp³-hybridized carbons (Fsp3) is 0.0476. The summed E-state index contributed by atoms with van der Waals surface area (Å²) in [6, 6.07) is 17.4. The van der Waals surface area contributed by atoms with E-state index in [0.717, 1.165) is 5.39 Å². The molecule has 0 bridgehead atoms. The fourth-order valence-electron chi connectivity index (χ4n) is 3.24. The molecule has 0 aliphatic rings. The first-order valence-corrected chi connectivity index (χ1v) is 8.31. The molecule has 0 amide bonds. The number of benzene rings is 4. The monoisotopic (exact) mass is 357 g/mol. The van der Waals surface area contributed by atoms with Crippen LogP contribution in [0.2, 0.25) is 0 Å². The zero-order valence-corrected chi connectivity index (χ0v) is 14.4. The van der Waals surface area contributed by atoms with Gasteiger partial charge in [-0.3, -0.25) is 0 Å². The van der Waals surface area contributed by atoms with Gasteiger partial charge in [-0.15, -0.1) is 15.1 Å². The van der Waals surface area contributed by atoms with Gasteiger partial charge in [0.25, 0.3) is 0 Å². The van der Waals surface area contributed by atoms with Crippen molar-refractivity contribution < 1.29 is 10.2 Å². The molecule has 6 nitrogen and oxygen atoms in total. The molecule has 2 N–H and O–H groups in total. The summed E-state index contributed by atoms with van der Waals surface area (Å²) in [7, 11) is 0. The van der Waals surface area contributed by atoms with Crippen LogP contribution in [0.1, 0.15) is 5.56 Å². The van der Waals surface area contributed by atoms with Crippen molar-refractivity contribution in [2.24, 2.45) is 15.4 Å². The molecule has 4 rings (SSSR count). The van der Waals surface area contributed by atoms with E-state index in [1.165, 1.54) is 6.07 Å². The van der Waals surface area contributed by atoms with Crippen LogP contribution in [0.3, 0.4) is 0 Å². The Morgan fingerprint density at radius 3 is 2.41 bits per heavy atom. The molecule has 0 aliphatic carbocycles. The summed E-state index contributed by atoms with van der Waals surface area (Å²) in [6.07, 6.45) is 0. The maximum absolute atomic E-state index is 11.1. The molecule has 4 aromatic carbocycles. The fourth-order valence-corrected chi connectivity index (χ4v) is 3.24. The number of phenolic OH excluding ortho intramolecular Hbond substituents is 2. The van der Waals surface area contributed by atoms with Crippen molar-refractivity contribution in [2.75, 3.05) is 0 Å². The Bertz CT molecular complexity index is 1230. The van der Waals surface area contributed by atoms with Crippen LogP contribution in [0.4, 0.5) is 17.1 Å². The predicted octanol–water partition coefficient (Wildman–Crippen LogP) is 6.53. The largest absolute Gasteiger partial charge is 0.506 e. The van der Waals surface area contributed by atoms with Gasteiger partial charge < -0.3 is 10.2 Å². The van der Waals surface area contributed by atoms with Crippen LogP contribution in [0.5, 0.6) is 11.5 Å². The zero-order chi connectivity index (χ0) is 19.0. The van der Waals surface area contributed by atoms with Crippen LogP contribution < -0.4 is 0 Å². The highest BCUT2D eigenvalue weighted by atomic mass is 16.3. The van der Waals surface area contributed by atoms with Crippen molar-refractivity contribution in [3.05, 3.63) is 71.1 Å². The van der Waals surface area contributed by atoms with E-state index in [1.54, 1.807) is 37.3 Å². The van der Waals surface area contributed by atoms with Crippen molar-refractivity contribution in [1.29, 1.82) is 0 Å². The molecule has 6 heteroatoms. The number of phenols is 2. The number of rotatable bonds is 3. The highest BCUT2D eigenvalue weighted by molar-refractivity contribution is 6.03. The third kappa shape index (κ3) is 2.77. The average molecular weight is 357 g/mol. The van der Waals surface area contributed by atoms with Crippen LogP contribution >= 0.6 is 0 Å². The average Bonchev–Trinajstić information content (AvgIpc) is 2.68. The molecule has 27 heavy (non-hydrogen) atoms. The quantitative estimate of drug-likeness (QED) is 0.322. The summed E-state index contributed by atoms with van der Waals surface area (Å²) in [5, 5.41) is 34.9. The lowest BCUT2D eigenvalue weighted by Crippen LogP contribution is -1.82. The summed E-state index contributed by atoms with van der Waals surface area (Å²) >= 11 is 0. The number of fused-ring (bicyclic) bond motifs is 2. The van der Waals surface area contributed by atoms with E-state index in [1.807, 2.05) is 24.3 Å². The number of aryl methyl sites for hydroxylation is 1. The number of hydrogen-bond donors (Lipinski definition) is 2. The van der Waals surface area contributed by atoms with Crippen LogP contribution in [0.25, 0.3) is 21.5 Å². The van der Waals surface area contributed by atoms with Crippen molar-refractivity contribution >= 4 is 38.6 Å². The van der Waals surface area contributed by atoms with Gasteiger partial charge in [-0.05, 0) is 41.2 Å². The van der Waals surface area contributed by atoms with Gasteiger partial charge in [0.2, 0.25) is 0 Å². The van der Waals surface area contributed by atoms with Crippen LogP contribution in [0.15, 0.2) is 76.1 Å². The number of azo groups is 1. The molecule has 0 aliphatic heterocycles. The molecule has 0 spiro atoms. The minimum absolute atomic E-state index is 0.0167. The molecule has 0 atom stereocenters. The van der Waals surface area contributed by atoms with Gasteiger partial charge in [-0.1, -0.05) is 42.5 Å². The van der Waals surface area contributed by atoms with E-state index < -0.39 is 0 Å². The normalized spacial score (nSPS) is 11.4. The van der Waals surface area contributed by atoms with Crippen molar-refractivity contribution in [2.45, 2.75) is 6.92 Å². The lowest BCUT2D eigenvalue weighted by molar-refractivity contribution is 0.476. The first kappa shape index (κ1) is 16.7. The van der Waals surface area contributed by atoms with Crippen molar-refractivity contribution in [3.8, 4) is 11.5 Å². The molecule has 0 heterocycles. The minimum atomic E-state index is -0.0629. The Balaban J connectivity index is 1.89. The summed E-state index contributed by atoms with van der Waals surface area (Å²) in [4.78, 5) is 11.1. The number of aromatic hydroxyl groups is 2. The first-order valence-electron chi connectivity index (χ1n) is 8.31. The summed E-state index contributed by atoms with van der Waals surface area (Å²) in [5.74, 6) is -0.0462. The molecular weight excluding hydrogens is 342 g/mol. The topological polar surface area (TPSA) is 94.6 Å². The van der Waals surface area contributed by atoms with Crippen LogP contribution in [0, 0.1) is 11.8 Å². The Morgan fingerprint density at radius 2 is 1.59 bits per heavy atom. The molecule has 0 saturated heterocycles. The third-order valence-electron chi connectivity index (χ3n) is 4.52.